The van der Waals surface area contributed by atoms with Gasteiger partial charge in [-0.05, 0) is 33.6 Å². The van der Waals surface area contributed by atoms with Crippen LogP contribution in [0.5, 0.6) is 0 Å². The predicted octanol–water partition coefficient (Wildman–Crippen LogP) is 1.48. The van der Waals surface area contributed by atoms with Crippen LogP contribution in [0, 0.1) is 0 Å². The van der Waals surface area contributed by atoms with Crippen LogP contribution >= 0.6 is 0 Å². The molecular weight excluding hydrogens is 154 g/mol. The molecule has 2 atom stereocenters. The lowest BCUT2D eigenvalue weighted by Gasteiger charge is -2.32. The SMILES string of the molecule is CCONC1CC(C)OC(C)C1. The highest BCUT2D eigenvalue weighted by molar-refractivity contribution is 4.75. The summed E-state index contributed by atoms with van der Waals surface area (Å²) in [5, 5.41) is 0. The summed E-state index contributed by atoms with van der Waals surface area (Å²) in [4.78, 5) is 5.16. The van der Waals surface area contributed by atoms with Crippen molar-refractivity contribution in [2.75, 3.05) is 6.61 Å². The van der Waals surface area contributed by atoms with Crippen LogP contribution in [0.25, 0.3) is 0 Å². The lowest BCUT2D eigenvalue weighted by atomic mass is 10.0. The minimum absolute atomic E-state index is 0.353. The van der Waals surface area contributed by atoms with E-state index in [-0.39, 0.29) is 0 Å². The van der Waals surface area contributed by atoms with Crippen molar-refractivity contribution in [3.63, 3.8) is 0 Å². The quantitative estimate of drug-likeness (QED) is 0.656. The van der Waals surface area contributed by atoms with E-state index in [1.54, 1.807) is 0 Å². The van der Waals surface area contributed by atoms with Gasteiger partial charge in [-0.25, -0.2) is 0 Å². The molecule has 0 bridgehead atoms. The lowest BCUT2D eigenvalue weighted by molar-refractivity contribution is -0.0771. The summed E-state index contributed by atoms with van der Waals surface area (Å²) in [6.45, 7) is 6.92. The third-order valence-electron chi connectivity index (χ3n) is 2.09. The van der Waals surface area contributed by atoms with Crippen LogP contribution in [0.3, 0.4) is 0 Å². The van der Waals surface area contributed by atoms with Crippen molar-refractivity contribution in [1.82, 2.24) is 5.48 Å². The third kappa shape index (κ3) is 3.09. The molecule has 1 rings (SSSR count). The van der Waals surface area contributed by atoms with E-state index in [4.69, 9.17) is 9.57 Å². The van der Waals surface area contributed by atoms with E-state index in [0.717, 1.165) is 19.4 Å². The topological polar surface area (TPSA) is 30.5 Å². The highest BCUT2D eigenvalue weighted by Crippen LogP contribution is 2.18. The fourth-order valence-electron chi connectivity index (χ4n) is 1.70. The van der Waals surface area contributed by atoms with Gasteiger partial charge in [0.05, 0.1) is 18.8 Å². The molecule has 0 amide bonds. The first kappa shape index (κ1) is 9.96. The fraction of sp³-hybridized carbons (Fsp3) is 1.00. The Hall–Kier alpha value is -0.120. The van der Waals surface area contributed by atoms with E-state index in [2.05, 4.69) is 19.3 Å². The molecule has 1 N–H and O–H groups in total. The first-order valence-electron chi connectivity index (χ1n) is 4.75. The maximum absolute atomic E-state index is 5.60. The van der Waals surface area contributed by atoms with Crippen molar-refractivity contribution in [3.05, 3.63) is 0 Å². The largest absolute Gasteiger partial charge is 0.375 e. The minimum atomic E-state index is 0.353. The van der Waals surface area contributed by atoms with Crippen molar-refractivity contribution in [3.8, 4) is 0 Å². The van der Waals surface area contributed by atoms with Crippen molar-refractivity contribution < 1.29 is 9.57 Å². The summed E-state index contributed by atoms with van der Waals surface area (Å²) in [6, 6.07) is 0.462. The molecule has 0 saturated carbocycles. The zero-order chi connectivity index (χ0) is 8.97. The molecule has 0 aromatic carbocycles. The summed E-state index contributed by atoms with van der Waals surface area (Å²) in [5.74, 6) is 0. The summed E-state index contributed by atoms with van der Waals surface area (Å²) >= 11 is 0. The van der Waals surface area contributed by atoms with Crippen molar-refractivity contribution in [2.24, 2.45) is 0 Å². The van der Waals surface area contributed by atoms with Gasteiger partial charge in [0.15, 0.2) is 0 Å². The van der Waals surface area contributed by atoms with Crippen molar-refractivity contribution >= 4 is 0 Å². The summed E-state index contributed by atoms with van der Waals surface area (Å²) in [6.07, 6.45) is 2.80. The van der Waals surface area contributed by atoms with Crippen LogP contribution in [0.1, 0.15) is 33.6 Å². The van der Waals surface area contributed by atoms with Gasteiger partial charge in [0.2, 0.25) is 0 Å². The molecule has 12 heavy (non-hydrogen) atoms. The highest BCUT2D eigenvalue weighted by atomic mass is 16.6. The zero-order valence-electron chi connectivity index (χ0n) is 8.17. The van der Waals surface area contributed by atoms with Gasteiger partial charge >= 0.3 is 0 Å². The van der Waals surface area contributed by atoms with Crippen LogP contribution in [0.15, 0.2) is 0 Å². The molecule has 1 heterocycles. The first-order chi connectivity index (χ1) is 5.72. The van der Waals surface area contributed by atoms with E-state index in [1.165, 1.54) is 0 Å². The average molecular weight is 173 g/mol. The van der Waals surface area contributed by atoms with Crippen molar-refractivity contribution in [1.29, 1.82) is 0 Å². The maximum atomic E-state index is 5.60. The van der Waals surface area contributed by atoms with E-state index in [9.17, 15) is 0 Å². The third-order valence-corrected chi connectivity index (χ3v) is 2.09. The molecule has 0 radical (unpaired) electrons. The second-order valence-corrected chi connectivity index (χ2v) is 3.48. The summed E-state index contributed by atoms with van der Waals surface area (Å²) < 4.78 is 5.60. The average Bonchev–Trinajstić information content (AvgIpc) is 1.99. The Bertz CT molecular complexity index is 120. The number of hydroxylamine groups is 1. The molecule has 1 aliphatic rings. The Morgan fingerprint density at radius 2 is 1.92 bits per heavy atom. The molecule has 0 aromatic rings. The highest BCUT2D eigenvalue weighted by Gasteiger charge is 2.23. The second-order valence-electron chi connectivity index (χ2n) is 3.48. The molecule has 2 unspecified atom stereocenters. The Morgan fingerprint density at radius 1 is 1.33 bits per heavy atom. The van der Waals surface area contributed by atoms with E-state index in [0.29, 0.717) is 18.2 Å². The van der Waals surface area contributed by atoms with Gasteiger partial charge in [0.25, 0.3) is 0 Å². The standard InChI is InChI=1S/C9H19NO2/c1-4-11-10-9-5-7(2)12-8(3)6-9/h7-10H,4-6H2,1-3H3. The first-order valence-corrected chi connectivity index (χ1v) is 4.75. The number of nitrogens with one attached hydrogen (secondary N) is 1. The number of hydrogen-bond donors (Lipinski definition) is 1. The smallest absolute Gasteiger partial charge is 0.0654 e. The second kappa shape index (κ2) is 4.80. The van der Waals surface area contributed by atoms with Gasteiger partial charge in [0, 0.05) is 6.04 Å². The van der Waals surface area contributed by atoms with Gasteiger partial charge in [-0.2, -0.15) is 5.48 Å². The van der Waals surface area contributed by atoms with Crippen molar-refractivity contribution in [2.45, 2.75) is 51.9 Å². The molecule has 3 nitrogen and oxygen atoms in total. The number of ether oxygens (including phenoxy) is 1. The molecule has 1 fully saturated rings. The van der Waals surface area contributed by atoms with Crippen LogP contribution in [0.4, 0.5) is 0 Å². The Labute approximate surface area is 74.4 Å². The summed E-state index contributed by atoms with van der Waals surface area (Å²) in [5.41, 5.74) is 3.05. The van der Waals surface area contributed by atoms with Crippen LogP contribution in [-0.2, 0) is 9.57 Å². The number of rotatable bonds is 3. The van der Waals surface area contributed by atoms with Gasteiger partial charge < -0.3 is 9.57 Å². The molecule has 0 spiro atoms. The fourth-order valence-corrected chi connectivity index (χ4v) is 1.70. The molecule has 72 valence electrons. The molecule has 1 saturated heterocycles. The maximum Gasteiger partial charge on any atom is 0.0654 e. The monoisotopic (exact) mass is 173 g/mol. The molecule has 0 aliphatic carbocycles. The minimum Gasteiger partial charge on any atom is -0.375 e. The van der Waals surface area contributed by atoms with Crippen LogP contribution in [0.2, 0.25) is 0 Å². The van der Waals surface area contributed by atoms with E-state index in [1.807, 2.05) is 6.92 Å². The molecule has 1 aliphatic heterocycles. The lowest BCUT2D eigenvalue weighted by Crippen LogP contribution is -2.41. The van der Waals surface area contributed by atoms with Gasteiger partial charge in [-0.1, -0.05) is 0 Å². The van der Waals surface area contributed by atoms with E-state index >= 15 is 0 Å². The van der Waals surface area contributed by atoms with Gasteiger partial charge in [-0.3, -0.25) is 0 Å². The van der Waals surface area contributed by atoms with E-state index < -0.39 is 0 Å². The molecular formula is C9H19NO2. The van der Waals surface area contributed by atoms with Crippen LogP contribution < -0.4 is 5.48 Å². The number of hydrogen-bond acceptors (Lipinski definition) is 3. The Kier molecular flexibility index (Phi) is 3.98. The normalized spacial score (nSPS) is 36.8. The predicted molar refractivity (Wildman–Crippen MR) is 47.8 cm³/mol. The molecule has 0 aromatic heterocycles. The Balaban J connectivity index is 2.24. The van der Waals surface area contributed by atoms with Gasteiger partial charge in [-0.15, -0.1) is 0 Å². The van der Waals surface area contributed by atoms with Gasteiger partial charge in [0.1, 0.15) is 0 Å². The zero-order valence-corrected chi connectivity index (χ0v) is 8.17. The Morgan fingerprint density at radius 3 is 2.42 bits per heavy atom. The summed E-state index contributed by atoms with van der Waals surface area (Å²) in [7, 11) is 0. The van der Waals surface area contributed by atoms with Crippen LogP contribution in [-0.4, -0.2) is 24.9 Å². The molecule has 3 heteroatoms.